The van der Waals surface area contributed by atoms with Crippen LogP contribution in [0, 0.1) is 0 Å². The maximum Gasteiger partial charge on any atom is 0.373 e. The second kappa shape index (κ2) is 5.69. The van der Waals surface area contributed by atoms with Gasteiger partial charge in [0.1, 0.15) is 11.9 Å². The fraction of sp³-hybridized carbons (Fsp3) is 0.267. The van der Waals surface area contributed by atoms with E-state index in [1.807, 2.05) is 24.3 Å². The second-order valence-electron chi connectivity index (χ2n) is 4.88. The van der Waals surface area contributed by atoms with Crippen molar-refractivity contribution < 1.29 is 14.6 Å². The molecule has 0 saturated heterocycles. The summed E-state index contributed by atoms with van der Waals surface area (Å²) >= 11 is 5.96. The third kappa shape index (κ3) is 2.97. The number of aromatic carboxylic acids is 1. The summed E-state index contributed by atoms with van der Waals surface area (Å²) in [6.45, 7) is 0. The zero-order valence-electron chi connectivity index (χ0n) is 11.1. The van der Waals surface area contributed by atoms with Crippen LogP contribution in [0.15, 0.2) is 36.5 Å². The molecule has 1 heterocycles. The summed E-state index contributed by atoms with van der Waals surface area (Å²) in [7, 11) is 0. The summed E-state index contributed by atoms with van der Waals surface area (Å²) in [6, 6.07) is 9.09. The number of hydrogen-bond acceptors (Lipinski definition) is 4. The van der Waals surface area contributed by atoms with Gasteiger partial charge in [-0.2, -0.15) is 0 Å². The molecule has 0 amide bonds. The van der Waals surface area contributed by atoms with Crippen molar-refractivity contribution in [2.75, 3.05) is 0 Å². The average molecular weight is 305 g/mol. The van der Waals surface area contributed by atoms with E-state index in [-0.39, 0.29) is 17.3 Å². The standard InChI is InChI=1S/C15H13ClN2O3/c16-9-7-10(8-9)21-13-4-2-1-3-11(13)12-5-6-17-14(18-12)15(19)20/h1-6,9-10H,7-8H2,(H,19,20). The molecule has 21 heavy (non-hydrogen) atoms. The van der Waals surface area contributed by atoms with Crippen molar-refractivity contribution in [2.24, 2.45) is 0 Å². The number of carbonyl (C=O) groups is 1. The maximum absolute atomic E-state index is 11.0. The molecule has 1 aromatic heterocycles. The number of nitrogens with zero attached hydrogens (tertiary/aromatic N) is 2. The molecule has 1 aliphatic carbocycles. The molecule has 0 radical (unpaired) electrons. The van der Waals surface area contributed by atoms with Gasteiger partial charge in [0.15, 0.2) is 0 Å². The number of carboxylic acid groups (broad SMARTS) is 1. The molecule has 5 nitrogen and oxygen atoms in total. The smallest absolute Gasteiger partial charge is 0.373 e. The van der Waals surface area contributed by atoms with Gasteiger partial charge >= 0.3 is 5.97 Å². The maximum atomic E-state index is 11.0. The Bertz CT molecular complexity index is 671. The fourth-order valence-electron chi connectivity index (χ4n) is 2.17. The minimum absolute atomic E-state index is 0.106. The largest absolute Gasteiger partial charge is 0.490 e. The number of rotatable bonds is 4. The fourth-order valence-corrected chi connectivity index (χ4v) is 2.57. The molecule has 2 aromatic rings. The molecule has 0 unspecified atom stereocenters. The molecule has 1 N–H and O–H groups in total. The van der Waals surface area contributed by atoms with Gasteiger partial charge in [0.05, 0.1) is 5.69 Å². The van der Waals surface area contributed by atoms with Gasteiger partial charge in [-0.1, -0.05) is 12.1 Å². The lowest BCUT2D eigenvalue weighted by molar-refractivity contribution is 0.0683. The van der Waals surface area contributed by atoms with Crippen LogP contribution >= 0.6 is 11.6 Å². The first-order valence-electron chi connectivity index (χ1n) is 6.60. The van der Waals surface area contributed by atoms with Gasteiger partial charge in [-0.15, -0.1) is 11.6 Å². The number of aromatic nitrogens is 2. The number of para-hydroxylation sites is 1. The molecular formula is C15H13ClN2O3. The second-order valence-corrected chi connectivity index (χ2v) is 5.49. The SMILES string of the molecule is O=C(O)c1nccc(-c2ccccc2OC2CC(Cl)C2)n1. The summed E-state index contributed by atoms with van der Waals surface area (Å²) < 4.78 is 5.91. The number of benzene rings is 1. The van der Waals surface area contributed by atoms with Crippen molar-refractivity contribution in [3.05, 3.63) is 42.4 Å². The highest BCUT2D eigenvalue weighted by Gasteiger charge is 2.29. The zero-order chi connectivity index (χ0) is 14.8. The van der Waals surface area contributed by atoms with Gasteiger partial charge in [-0.05, 0) is 18.2 Å². The van der Waals surface area contributed by atoms with Crippen LogP contribution in [0.1, 0.15) is 23.5 Å². The van der Waals surface area contributed by atoms with Crippen molar-refractivity contribution in [3.63, 3.8) is 0 Å². The van der Waals surface area contributed by atoms with Crippen LogP contribution in [0.25, 0.3) is 11.3 Å². The normalized spacial score (nSPS) is 20.6. The van der Waals surface area contributed by atoms with Gasteiger partial charge in [0, 0.05) is 30.0 Å². The molecule has 1 fully saturated rings. The van der Waals surface area contributed by atoms with Crippen molar-refractivity contribution in [1.82, 2.24) is 9.97 Å². The molecule has 1 aromatic carbocycles. The highest BCUT2D eigenvalue weighted by atomic mass is 35.5. The van der Waals surface area contributed by atoms with E-state index < -0.39 is 5.97 Å². The van der Waals surface area contributed by atoms with E-state index in [2.05, 4.69) is 9.97 Å². The predicted molar refractivity (Wildman–Crippen MR) is 77.7 cm³/mol. The minimum atomic E-state index is -1.15. The molecule has 0 atom stereocenters. The monoisotopic (exact) mass is 304 g/mol. The van der Waals surface area contributed by atoms with Crippen LogP contribution < -0.4 is 4.74 Å². The minimum Gasteiger partial charge on any atom is -0.490 e. The van der Waals surface area contributed by atoms with E-state index in [1.165, 1.54) is 6.20 Å². The van der Waals surface area contributed by atoms with Crippen LogP contribution in [-0.4, -0.2) is 32.5 Å². The molecule has 0 aliphatic heterocycles. The van der Waals surface area contributed by atoms with Crippen molar-refractivity contribution in [3.8, 4) is 17.0 Å². The van der Waals surface area contributed by atoms with E-state index in [0.717, 1.165) is 18.4 Å². The van der Waals surface area contributed by atoms with Gasteiger partial charge in [0.2, 0.25) is 5.82 Å². The number of ether oxygens (including phenoxy) is 1. The lowest BCUT2D eigenvalue weighted by Gasteiger charge is -2.31. The molecule has 6 heteroatoms. The highest BCUT2D eigenvalue weighted by molar-refractivity contribution is 6.21. The van der Waals surface area contributed by atoms with E-state index in [0.29, 0.717) is 11.4 Å². The number of hydrogen-bond donors (Lipinski definition) is 1. The highest BCUT2D eigenvalue weighted by Crippen LogP contribution is 2.34. The van der Waals surface area contributed by atoms with Crippen LogP contribution in [0.2, 0.25) is 0 Å². The quantitative estimate of drug-likeness (QED) is 0.879. The van der Waals surface area contributed by atoms with Gasteiger partial charge in [-0.3, -0.25) is 0 Å². The Labute approximate surface area is 126 Å². The Hall–Kier alpha value is -2.14. The first-order valence-corrected chi connectivity index (χ1v) is 7.03. The number of alkyl halides is 1. The van der Waals surface area contributed by atoms with E-state index in [9.17, 15) is 4.79 Å². The Balaban J connectivity index is 1.91. The van der Waals surface area contributed by atoms with Crippen LogP contribution in [-0.2, 0) is 0 Å². The predicted octanol–water partition coefficient (Wildman–Crippen LogP) is 2.99. The first-order chi connectivity index (χ1) is 10.1. The summed E-state index contributed by atoms with van der Waals surface area (Å²) in [4.78, 5) is 18.7. The zero-order valence-corrected chi connectivity index (χ0v) is 11.8. The lowest BCUT2D eigenvalue weighted by Crippen LogP contribution is -2.34. The summed E-state index contributed by atoms with van der Waals surface area (Å²) in [5, 5.41) is 9.16. The summed E-state index contributed by atoms with van der Waals surface area (Å²) in [5.41, 5.74) is 1.28. The number of carboxylic acids is 1. The van der Waals surface area contributed by atoms with Crippen molar-refractivity contribution in [2.45, 2.75) is 24.3 Å². The summed E-state index contributed by atoms with van der Waals surface area (Å²) in [5.74, 6) is -0.702. The Morgan fingerprint density at radius 2 is 2.05 bits per heavy atom. The Kier molecular flexibility index (Phi) is 3.75. The Morgan fingerprint density at radius 1 is 1.29 bits per heavy atom. The van der Waals surface area contributed by atoms with E-state index in [4.69, 9.17) is 21.4 Å². The van der Waals surface area contributed by atoms with Gasteiger partial charge in [0.25, 0.3) is 0 Å². The molecule has 1 saturated carbocycles. The van der Waals surface area contributed by atoms with Gasteiger partial charge in [-0.25, -0.2) is 14.8 Å². The molecule has 0 bridgehead atoms. The molecule has 3 rings (SSSR count). The third-order valence-corrected chi connectivity index (χ3v) is 3.70. The molecule has 108 valence electrons. The van der Waals surface area contributed by atoms with E-state index in [1.54, 1.807) is 6.07 Å². The van der Waals surface area contributed by atoms with Crippen LogP contribution in [0.5, 0.6) is 5.75 Å². The first kappa shape index (κ1) is 13.8. The van der Waals surface area contributed by atoms with E-state index >= 15 is 0 Å². The third-order valence-electron chi connectivity index (χ3n) is 3.34. The van der Waals surface area contributed by atoms with Gasteiger partial charge < -0.3 is 9.84 Å². The average Bonchev–Trinajstić information content (AvgIpc) is 2.46. The molecular weight excluding hydrogens is 292 g/mol. The topological polar surface area (TPSA) is 72.3 Å². The summed E-state index contributed by atoms with van der Waals surface area (Å²) in [6.07, 6.45) is 3.18. The Morgan fingerprint density at radius 3 is 2.76 bits per heavy atom. The number of halogens is 1. The van der Waals surface area contributed by atoms with Crippen molar-refractivity contribution in [1.29, 1.82) is 0 Å². The van der Waals surface area contributed by atoms with Crippen molar-refractivity contribution >= 4 is 17.6 Å². The molecule has 1 aliphatic rings. The molecule has 0 spiro atoms. The van der Waals surface area contributed by atoms with Crippen LogP contribution in [0.3, 0.4) is 0 Å². The lowest BCUT2D eigenvalue weighted by atomic mass is 9.95. The van der Waals surface area contributed by atoms with Crippen LogP contribution in [0.4, 0.5) is 0 Å².